The Balaban J connectivity index is 1.85. The van der Waals surface area contributed by atoms with Crippen LogP contribution in [0.4, 0.5) is 5.69 Å². The number of hydrogen-bond donors (Lipinski definition) is 2. The lowest BCUT2D eigenvalue weighted by Gasteiger charge is -2.12. The Hall–Kier alpha value is -2.11. The molecule has 0 unspecified atom stereocenters. The van der Waals surface area contributed by atoms with Gasteiger partial charge >= 0.3 is 0 Å². The van der Waals surface area contributed by atoms with Gasteiger partial charge in [0.2, 0.25) is 5.91 Å². The summed E-state index contributed by atoms with van der Waals surface area (Å²) in [5.74, 6) is 0.484. The van der Waals surface area contributed by atoms with Gasteiger partial charge in [-0.25, -0.2) is 0 Å². The molecule has 0 fully saturated rings. The van der Waals surface area contributed by atoms with Crippen LogP contribution < -0.4 is 15.4 Å². The second-order valence-electron chi connectivity index (χ2n) is 4.79. The molecule has 0 saturated heterocycles. The van der Waals surface area contributed by atoms with Gasteiger partial charge in [0, 0.05) is 11.4 Å². The molecule has 23 heavy (non-hydrogen) atoms. The van der Waals surface area contributed by atoms with Gasteiger partial charge < -0.3 is 15.4 Å². The van der Waals surface area contributed by atoms with E-state index in [4.69, 9.17) is 28.6 Å². The molecule has 4 nitrogen and oxygen atoms in total. The third-order valence-corrected chi connectivity index (χ3v) is 3.76. The fraction of sp³-hybridized carbons (Fsp3) is 0.176. The highest BCUT2D eigenvalue weighted by Crippen LogP contribution is 2.22. The molecule has 2 rings (SSSR count). The number of rotatable bonds is 5. The molecule has 120 valence electrons. The van der Waals surface area contributed by atoms with Crippen molar-refractivity contribution in [3.8, 4) is 5.75 Å². The summed E-state index contributed by atoms with van der Waals surface area (Å²) in [4.78, 5) is 12.0. The Labute approximate surface area is 145 Å². The Morgan fingerprint density at radius 3 is 2.61 bits per heavy atom. The molecule has 2 N–H and O–H groups in total. The lowest BCUT2D eigenvalue weighted by molar-refractivity contribution is -0.119. The van der Waals surface area contributed by atoms with Crippen molar-refractivity contribution in [2.24, 2.45) is 0 Å². The van der Waals surface area contributed by atoms with E-state index in [-0.39, 0.29) is 11.0 Å². The molecule has 0 heterocycles. The highest BCUT2D eigenvalue weighted by molar-refractivity contribution is 7.80. The van der Waals surface area contributed by atoms with Crippen molar-refractivity contribution in [2.45, 2.75) is 12.8 Å². The fourth-order valence-corrected chi connectivity index (χ4v) is 2.49. The SMILES string of the molecule is COc1ccccc1NC(=S)NC(=O)CCc1ccccc1Cl. The number of anilines is 1. The molecule has 1 amide bonds. The van der Waals surface area contributed by atoms with Crippen LogP contribution in [0.1, 0.15) is 12.0 Å². The minimum absolute atomic E-state index is 0.169. The maximum atomic E-state index is 12.0. The lowest BCUT2D eigenvalue weighted by atomic mass is 10.1. The quantitative estimate of drug-likeness (QED) is 0.807. The van der Waals surface area contributed by atoms with E-state index >= 15 is 0 Å². The van der Waals surface area contributed by atoms with Gasteiger partial charge in [-0.05, 0) is 42.4 Å². The number of amides is 1. The third kappa shape index (κ3) is 5.23. The molecule has 0 radical (unpaired) electrons. The second-order valence-corrected chi connectivity index (χ2v) is 5.61. The molecule has 0 aliphatic carbocycles. The van der Waals surface area contributed by atoms with Gasteiger partial charge in [-0.2, -0.15) is 0 Å². The molecule has 0 aliphatic heterocycles. The maximum absolute atomic E-state index is 12.0. The Bertz CT molecular complexity index is 706. The molecule has 6 heteroatoms. The zero-order valence-electron chi connectivity index (χ0n) is 12.6. The van der Waals surface area contributed by atoms with Crippen LogP contribution in [-0.4, -0.2) is 18.1 Å². The predicted molar refractivity (Wildman–Crippen MR) is 97.1 cm³/mol. The summed E-state index contributed by atoms with van der Waals surface area (Å²) in [6.07, 6.45) is 0.861. The number of para-hydroxylation sites is 2. The first-order chi connectivity index (χ1) is 11.1. The molecule has 0 atom stereocenters. The van der Waals surface area contributed by atoms with Crippen molar-refractivity contribution in [1.29, 1.82) is 0 Å². The van der Waals surface area contributed by atoms with Crippen LogP contribution in [0.2, 0.25) is 5.02 Å². The molecule has 0 aromatic heterocycles. The fourth-order valence-electron chi connectivity index (χ4n) is 2.04. The van der Waals surface area contributed by atoms with Crippen LogP contribution >= 0.6 is 23.8 Å². The zero-order chi connectivity index (χ0) is 16.7. The molecular weight excluding hydrogens is 332 g/mol. The Morgan fingerprint density at radius 1 is 1.17 bits per heavy atom. The van der Waals surface area contributed by atoms with Crippen LogP contribution in [0.5, 0.6) is 5.75 Å². The first-order valence-electron chi connectivity index (χ1n) is 7.07. The van der Waals surface area contributed by atoms with Gasteiger partial charge in [-0.3, -0.25) is 4.79 Å². The molecule has 0 spiro atoms. The van der Waals surface area contributed by atoms with E-state index in [9.17, 15) is 4.79 Å². The first-order valence-corrected chi connectivity index (χ1v) is 7.86. The van der Waals surface area contributed by atoms with E-state index < -0.39 is 0 Å². The van der Waals surface area contributed by atoms with E-state index in [2.05, 4.69) is 10.6 Å². The minimum Gasteiger partial charge on any atom is -0.495 e. The Morgan fingerprint density at radius 2 is 1.87 bits per heavy atom. The molecule has 0 bridgehead atoms. The van der Waals surface area contributed by atoms with Crippen molar-refractivity contribution in [3.05, 3.63) is 59.1 Å². The van der Waals surface area contributed by atoms with E-state index in [1.807, 2.05) is 48.5 Å². The molecule has 0 saturated carbocycles. The third-order valence-electron chi connectivity index (χ3n) is 3.19. The molecule has 2 aromatic carbocycles. The number of benzene rings is 2. The van der Waals surface area contributed by atoms with Gasteiger partial charge in [0.1, 0.15) is 5.75 Å². The smallest absolute Gasteiger partial charge is 0.226 e. The molecular formula is C17H17ClN2O2S. The number of carbonyl (C=O) groups excluding carboxylic acids is 1. The number of aryl methyl sites for hydroxylation is 1. The average molecular weight is 349 g/mol. The summed E-state index contributed by atoms with van der Waals surface area (Å²) in [5.41, 5.74) is 1.64. The number of thiocarbonyl (C=S) groups is 1. The van der Waals surface area contributed by atoms with E-state index in [0.29, 0.717) is 29.3 Å². The van der Waals surface area contributed by atoms with Crippen molar-refractivity contribution in [2.75, 3.05) is 12.4 Å². The number of halogens is 1. The number of nitrogens with one attached hydrogen (secondary N) is 2. The lowest BCUT2D eigenvalue weighted by Crippen LogP contribution is -2.34. The van der Waals surface area contributed by atoms with Crippen molar-refractivity contribution >= 4 is 40.5 Å². The number of hydrogen-bond acceptors (Lipinski definition) is 3. The number of methoxy groups -OCH3 is 1. The molecule has 0 aliphatic rings. The van der Waals surface area contributed by atoms with Gasteiger partial charge in [0.05, 0.1) is 12.8 Å². The van der Waals surface area contributed by atoms with Crippen LogP contribution in [-0.2, 0) is 11.2 Å². The standard InChI is InChI=1S/C17H17ClN2O2S/c1-22-15-9-5-4-8-14(15)19-17(23)20-16(21)11-10-12-6-2-3-7-13(12)18/h2-9H,10-11H2,1H3,(H2,19,20,21,23). The number of carbonyl (C=O) groups is 1. The topological polar surface area (TPSA) is 50.4 Å². The second kappa shape index (κ2) is 8.50. The summed E-state index contributed by atoms with van der Waals surface area (Å²) < 4.78 is 5.22. The summed E-state index contributed by atoms with van der Waals surface area (Å²) >= 11 is 11.2. The van der Waals surface area contributed by atoms with Crippen LogP contribution in [0, 0.1) is 0 Å². The van der Waals surface area contributed by atoms with Gasteiger partial charge in [0.15, 0.2) is 5.11 Å². The van der Waals surface area contributed by atoms with Crippen LogP contribution in [0.25, 0.3) is 0 Å². The monoisotopic (exact) mass is 348 g/mol. The van der Waals surface area contributed by atoms with Crippen molar-refractivity contribution < 1.29 is 9.53 Å². The van der Waals surface area contributed by atoms with Crippen LogP contribution in [0.3, 0.4) is 0 Å². The van der Waals surface area contributed by atoms with E-state index in [1.54, 1.807) is 7.11 Å². The summed E-state index contributed by atoms with van der Waals surface area (Å²) in [5, 5.41) is 6.50. The number of ether oxygens (including phenoxy) is 1. The summed E-state index contributed by atoms with van der Waals surface area (Å²) in [6, 6.07) is 14.8. The van der Waals surface area contributed by atoms with Gasteiger partial charge in [-0.15, -0.1) is 0 Å². The van der Waals surface area contributed by atoms with Gasteiger partial charge in [-0.1, -0.05) is 41.9 Å². The molecule has 2 aromatic rings. The zero-order valence-corrected chi connectivity index (χ0v) is 14.2. The van der Waals surface area contributed by atoms with E-state index in [1.165, 1.54) is 0 Å². The average Bonchev–Trinajstić information content (AvgIpc) is 2.54. The Kier molecular flexibility index (Phi) is 6.38. The largest absolute Gasteiger partial charge is 0.495 e. The van der Waals surface area contributed by atoms with Gasteiger partial charge in [0.25, 0.3) is 0 Å². The summed E-state index contributed by atoms with van der Waals surface area (Å²) in [6.45, 7) is 0. The van der Waals surface area contributed by atoms with Crippen LogP contribution in [0.15, 0.2) is 48.5 Å². The maximum Gasteiger partial charge on any atom is 0.226 e. The predicted octanol–water partition coefficient (Wildman–Crippen LogP) is 3.79. The van der Waals surface area contributed by atoms with E-state index in [0.717, 1.165) is 5.56 Å². The van der Waals surface area contributed by atoms with Crippen molar-refractivity contribution in [3.63, 3.8) is 0 Å². The summed E-state index contributed by atoms with van der Waals surface area (Å²) in [7, 11) is 1.58. The minimum atomic E-state index is -0.169. The van der Waals surface area contributed by atoms with Crippen molar-refractivity contribution in [1.82, 2.24) is 5.32 Å². The first kappa shape index (κ1) is 17.2. The highest BCUT2D eigenvalue weighted by Gasteiger charge is 2.08. The highest BCUT2D eigenvalue weighted by atomic mass is 35.5. The normalized spacial score (nSPS) is 10.0.